The maximum absolute atomic E-state index is 5.86. The minimum Gasteiger partial charge on any atom is -0.489 e. The van der Waals surface area contributed by atoms with Crippen molar-refractivity contribution in [1.29, 1.82) is 0 Å². The largest absolute Gasteiger partial charge is 0.489 e. The molecule has 17 heavy (non-hydrogen) atoms. The second kappa shape index (κ2) is 4.78. The molecular weight excluding hydrogens is 232 g/mol. The van der Waals surface area contributed by atoms with Gasteiger partial charge in [-0.05, 0) is 19.2 Å². The van der Waals surface area contributed by atoms with Crippen molar-refractivity contribution in [3.63, 3.8) is 0 Å². The molecule has 0 saturated carbocycles. The zero-order valence-electron chi connectivity index (χ0n) is 10.2. The van der Waals surface area contributed by atoms with Crippen LogP contribution in [0, 0.1) is 0 Å². The average molecular weight is 250 g/mol. The van der Waals surface area contributed by atoms with Crippen molar-refractivity contribution in [1.82, 2.24) is 4.90 Å². The summed E-state index contributed by atoms with van der Waals surface area (Å²) in [6.45, 7) is 5.30. The van der Waals surface area contributed by atoms with Crippen molar-refractivity contribution >= 4 is 17.4 Å². The van der Waals surface area contributed by atoms with E-state index >= 15 is 0 Å². The number of hydrogen-bond donors (Lipinski definition) is 0. The van der Waals surface area contributed by atoms with E-state index in [4.69, 9.17) is 4.74 Å². The van der Waals surface area contributed by atoms with Crippen LogP contribution in [0.15, 0.2) is 23.1 Å². The van der Waals surface area contributed by atoms with E-state index in [1.165, 1.54) is 10.6 Å². The quantitative estimate of drug-likeness (QED) is 0.756. The van der Waals surface area contributed by atoms with Crippen LogP contribution in [0.4, 0.5) is 5.69 Å². The minimum atomic E-state index is 0.836. The van der Waals surface area contributed by atoms with E-state index in [0.29, 0.717) is 0 Å². The average Bonchev–Trinajstić information content (AvgIpc) is 2.39. The number of anilines is 1. The molecule has 1 aromatic carbocycles. The molecule has 1 aromatic rings. The molecule has 1 fully saturated rings. The van der Waals surface area contributed by atoms with Crippen LogP contribution in [-0.4, -0.2) is 50.5 Å². The zero-order chi connectivity index (χ0) is 11.7. The Morgan fingerprint density at radius 1 is 1.18 bits per heavy atom. The normalized spacial score (nSPS) is 20.9. The first-order chi connectivity index (χ1) is 8.34. The fourth-order valence-corrected chi connectivity index (χ4v) is 3.21. The van der Waals surface area contributed by atoms with Gasteiger partial charge >= 0.3 is 0 Å². The summed E-state index contributed by atoms with van der Waals surface area (Å²) in [7, 11) is 2.18. The van der Waals surface area contributed by atoms with Gasteiger partial charge in [0.05, 0.1) is 17.2 Å². The third-order valence-corrected chi connectivity index (χ3v) is 4.39. The van der Waals surface area contributed by atoms with Crippen molar-refractivity contribution in [3.8, 4) is 5.75 Å². The summed E-state index contributed by atoms with van der Waals surface area (Å²) in [5.41, 5.74) is 1.28. The molecule has 0 atom stereocenters. The van der Waals surface area contributed by atoms with Gasteiger partial charge in [-0.1, -0.05) is 6.07 Å². The predicted octanol–water partition coefficient (Wildman–Crippen LogP) is 1.92. The first-order valence-corrected chi connectivity index (χ1v) is 7.15. The Bertz CT molecular complexity index is 402. The number of fused-ring (bicyclic) bond motifs is 1. The second-order valence-corrected chi connectivity index (χ2v) is 5.73. The Hall–Kier alpha value is -0.870. The maximum Gasteiger partial charge on any atom is 0.156 e. The van der Waals surface area contributed by atoms with Gasteiger partial charge in [-0.25, -0.2) is 0 Å². The van der Waals surface area contributed by atoms with Crippen LogP contribution in [-0.2, 0) is 0 Å². The van der Waals surface area contributed by atoms with E-state index in [0.717, 1.165) is 44.3 Å². The van der Waals surface area contributed by atoms with Gasteiger partial charge in [0.15, 0.2) is 5.75 Å². The van der Waals surface area contributed by atoms with E-state index in [-0.39, 0.29) is 0 Å². The maximum atomic E-state index is 5.86. The Kier molecular flexibility index (Phi) is 3.16. The van der Waals surface area contributed by atoms with Gasteiger partial charge in [0.2, 0.25) is 0 Å². The van der Waals surface area contributed by atoms with Crippen LogP contribution < -0.4 is 9.64 Å². The van der Waals surface area contributed by atoms with Crippen molar-refractivity contribution in [2.24, 2.45) is 0 Å². The van der Waals surface area contributed by atoms with Gasteiger partial charge in [0.1, 0.15) is 0 Å². The third kappa shape index (κ3) is 2.24. The number of ether oxygens (including phenoxy) is 1. The molecule has 4 heteroatoms. The lowest BCUT2D eigenvalue weighted by atomic mass is 10.2. The van der Waals surface area contributed by atoms with Crippen LogP contribution in [0.5, 0.6) is 5.75 Å². The van der Waals surface area contributed by atoms with E-state index in [2.05, 4.69) is 35.0 Å². The molecule has 2 aliphatic heterocycles. The Morgan fingerprint density at radius 2 is 2.00 bits per heavy atom. The van der Waals surface area contributed by atoms with Crippen molar-refractivity contribution in [3.05, 3.63) is 18.2 Å². The van der Waals surface area contributed by atoms with Crippen LogP contribution in [0.25, 0.3) is 0 Å². The van der Waals surface area contributed by atoms with E-state index < -0.39 is 0 Å². The SMILES string of the molecule is CN1CCN(c2cccc3c2OCCS3)CC1. The van der Waals surface area contributed by atoms with Gasteiger partial charge in [0.25, 0.3) is 0 Å². The van der Waals surface area contributed by atoms with E-state index in [1.54, 1.807) is 0 Å². The molecule has 0 unspecified atom stereocenters. The van der Waals surface area contributed by atoms with Crippen molar-refractivity contribution < 1.29 is 4.74 Å². The number of thioether (sulfide) groups is 1. The molecule has 0 amide bonds. The van der Waals surface area contributed by atoms with Gasteiger partial charge in [-0.2, -0.15) is 0 Å². The number of likely N-dealkylation sites (N-methyl/N-ethyl adjacent to an activating group) is 1. The molecule has 1 saturated heterocycles. The van der Waals surface area contributed by atoms with Crippen LogP contribution >= 0.6 is 11.8 Å². The van der Waals surface area contributed by atoms with Crippen LogP contribution in [0.2, 0.25) is 0 Å². The summed E-state index contributed by atoms with van der Waals surface area (Å²) in [6.07, 6.45) is 0. The second-order valence-electron chi connectivity index (χ2n) is 4.59. The molecule has 0 N–H and O–H groups in total. The first kappa shape index (κ1) is 11.2. The number of nitrogens with zero attached hydrogens (tertiary/aromatic N) is 2. The first-order valence-electron chi connectivity index (χ1n) is 6.17. The summed E-state index contributed by atoms with van der Waals surface area (Å²) in [5.74, 6) is 2.17. The fourth-order valence-electron chi connectivity index (χ4n) is 2.35. The molecule has 2 heterocycles. The summed E-state index contributed by atoms with van der Waals surface area (Å²) < 4.78 is 5.86. The lowest BCUT2D eigenvalue weighted by Crippen LogP contribution is -2.44. The highest BCUT2D eigenvalue weighted by atomic mass is 32.2. The molecule has 0 bridgehead atoms. The molecular formula is C13H18N2OS. The number of para-hydroxylation sites is 1. The summed E-state index contributed by atoms with van der Waals surface area (Å²) in [5, 5.41) is 0. The predicted molar refractivity (Wildman–Crippen MR) is 72.4 cm³/mol. The van der Waals surface area contributed by atoms with E-state index in [1.807, 2.05) is 11.8 Å². The topological polar surface area (TPSA) is 15.7 Å². The molecule has 0 spiro atoms. The lowest BCUT2D eigenvalue weighted by Gasteiger charge is -2.35. The number of benzene rings is 1. The molecule has 92 valence electrons. The Morgan fingerprint density at radius 3 is 2.82 bits per heavy atom. The number of hydrogen-bond acceptors (Lipinski definition) is 4. The summed E-state index contributed by atoms with van der Waals surface area (Å²) in [4.78, 5) is 6.12. The lowest BCUT2D eigenvalue weighted by molar-refractivity contribution is 0.305. The Labute approximate surface area is 107 Å². The molecule has 0 aromatic heterocycles. The molecule has 0 radical (unpaired) electrons. The van der Waals surface area contributed by atoms with Gasteiger partial charge in [-0.15, -0.1) is 11.8 Å². The molecule has 3 rings (SSSR count). The summed E-state index contributed by atoms with van der Waals surface area (Å²) >= 11 is 1.91. The van der Waals surface area contributed by atoms with Crippen molar-refractivity contribution in [2.75, 3.05) is 50.5 Å². The van der Waals surface area contributed by atoms with E-state index in [9.17, 15) is 0 Å². The highest BCUT2D eigenvalue weighted by Crippen LogP contribution is 2.40. The monoisotopic (exact) mass is 250 g/mol. The number of rotatable bonds is 1. The highest BCUT2D eigenvalue weighted by molar-refractivity contribution is 7.99. The Balaban J connectivity index is 1.87. The zero-order valence-corrected chi connectivity index (χ0v) is 11.0. The standard InChI is InChI=1S/C13H18N2OS/c1-14-5-7-15(8-6-14)11-3-2-4-12-13(11)16-9-10-17-12/h2-4H,5-10H2,1H3. The van der Waals surface area contributed by atoms with Crippen LogP contribution in [0.3, 0.4) is 0 Å². The fraction of sp³-hybridized carbons (Fsp3) is 0.538. The highest BCUT2D eigenvalue weighted by Gasteiger charge is 2.21. The molecule has 3 nitrogen and oxygen atoms in total. The van der Waals surface area contributed by atoms with Gasteiger partial charge in [0, 0.05) is 31.9 Å². The summed E-state index contributed by atoms with van der Waals surface area (Å²) in [6, 6.07) is 6.50. The number of piperazine rings is 1. The van der Waals surface area contributed by atoms with Gasteiger partial charge in [-0.3, -0.25) is 0 Å². The third-order valence-electron chi connectivity index (χ3n) is 3.39. The smallest absolute Gasteiger partial charge is 0.156 e. The van der Waals surface area contributed by atoms with Gasteiger partial charge < -0.3 is 14.5 Å². The molecule has 2 aliphatic rings. The van der Waals surface area contributed by atoms with Crippen molar-refractivity contribution in [2.45, 2.75) is 4.90 Å². The van der Waals surface area contributed by atoms with Crippen LogP contribution in [0.1, 0.15) is 0 Å². The minimum absolute atomic E-state index is 0.836. The molecule has 0 aliphatic carbocycles.